The van der Waals surface area contributed by atoms with Gasteiger partial charge in [0.15, 0.2) is 17.2 Å². The summed E-state index contributed by atoms with van der Waals surface area (Å²) in [6, 6.07) is 0. The highest BCUT2D eigenvalue weighted by molar-refractivity contribution is 5.99. The third kappa shape index (κ3) is 2.45. The number of rotatable bonds is 3. The van der Waals surface area contributed by atoms with Gasteiger partial charge in [0.25, 0.3) is 0 Å². The zero-order valence-corrected chi connectivity index (χ0v) is 17.4. The number of carbonyl (C=O) groups is 3. The fourth-order valence-electron chi connectivity index (χ4n) is 7.59. The lowest BCUT2D eigenvalue weighted by atomic mass is 9.46. The summed E-state index contributed by atoms with van der Waals surface area (Å²) in [6.45, 7) is 9.63. The van der Waals surface area contributed by atoms with Crippen LogP contribution >= 0.6 is 0 Å². The fourth-order valence-corrected chi connectivity index (χ4v) is 7.59. The van der Waals surface area contributed by atoms with Crippen LogP contribution in [0.2, 0.25) is 0 Å². The van der Waals surface area contributed by atoms with E-state index in [-0.39, 0.29) is 28.4 Å². The van der Waals surface area contributed by atoms with Gasteiger partial charge in [-0.1, -0.05) is 26.0 Å². The number of carbonyl (C=O) groups excluding carboxylic acids is 3. The number of esters is 1. The summed E-state index contributed by atoms with van der Waals surface area (Å²) in [4.78, 5) is 36.9. The normalized spacial score (nSPS) is 44.6. The Kier molecular flexibility index (Phi) is 4.48. The van der Waals surface area contributed by atoms with Crippen molar-refractivity contribution in [1.29, 1.82) is 0 Å². The molecule has 0 N–H and O–H groups in total. The molecule has 3 fully saturated rings. The first kappa shape index (κ1) is 19.6. The summed E-state index contributed by atoms with van der Waals surface area (Å²) in [5, 5.41) is 0. The van der Waals surface area contributed by atoms with E-state index in [1.54, 1.807) is 0 Å². The monoisotopic (exact) mass is 384 g/mol. The van der Waals surface area contributed by atoms with Gasteiger partial charge in [0.1, 0.15) is 0 Å². The van der Waals surface area contributed by atoms with E-state index in [0.29, 0.717) is 30.6 Å². The van der Waals surface area contributed by atoms with Crippen LogP contribution in [0.1, 0.15) is 72.1 Å². The van der Waals surface area contributed by atoms with Gasteiger partial charge in [-0.15, -0.1) is 0 Å². The van der Waals surface area contributed by atoms with E-state index in [2.05, 4.69) is 20.4 Å². The predicted octanol–water partition coefficient (Wildman–Crippen LogP) is 4.58. The number of allylic oxidation sites excluding steroid dienone is 1. The molecule has 0 amide bonds. The Balaban J connectivity index is 1.71. The third-order valence-electron chi connectivity index (χ3n) is 8.98. The molecule has 0 heterocycles. The maximum Gasteiger partial charge on any atom is 0.303 e. The molecule has 28 heavy (non-hydrogen) atoms. The van der Waals surface area contributed by atoms with Crippen molar-refractivity contribution >= 4 is 17.5 Å². The molecular weight excluding hydrogens is 352 g/mol. The standard InChI is InChI=1S/C24H32O4/c1-5-21(27)24(28-15(2)25)13-10-20-18-7-6-16-14-17(26)8-11-22(16,3)19(18)9-12-23(20,24)4/h5,14,18-20H,1,6-13H2,2-4H3/t18-,19+,20+,22+,23+,24+/m1/s1. The molecule has 4 rings (SSSR count). The first-order valence-electron chi connectivity index (χ1n) is 10.8. The summed E-state index contributed by atoms with van der Waals surface area (Å²) in [7, 11) is 0. The summed E-state index contributed by atoms with van der Waals surface area (Å²) in [5.74, 6) is 1.18. The van der Waals surface area contributed by atoms with E-state index in [1.807, 2.05) is 6.08 Å². The summed E-state index contributed by atoms with van der Waals surface area (Å²) >= 11 is 0. The highest BCUT2D eigenvalue weighted by atomic mass is 16.6. The van der Waals surface area contributed by atoms with E-state index in [4.69, 9.17) is 4.74 Å². The van der Waals surface area contributed by atoms with Crippen LogP contribution in [0.15, 0.2) is 24.3 Å². The van der Waals surface area contributed by atoms with Crippen LogP contribution in [0.5, 0.6) is 0 Å². The Bertz CT molecular complexity index is 779. The molecule has 0 aromatic rings. The van der Waals surface area contributed by atoms with Crippen molar-refractivity contribution in [2.24, 2.45) is 28.6 Å². The highest BCUT2D eigenvalue weighted by Gasteiger charge is 2.68. The van der Waals surface area contributed by atoms with Crippen LogP contribution in [0.25, 0.3) is 0 Å². The quantitative estimate of drug-likeness (QED) is 0.528. The average Bonchev–Trinajstić information content (AvgIpc) is 2.94. The molecule has 0 aromatic carbocycles. The van der Waals surface area contributed by atoms with Crippen molar-refractivity contribution in [2.45, 2.75) is 77.7 Å². The van der Waals surface area contributed by atoms with Gasteiger partial charge in [-0.3, -0.25) is 14.4 Å². The topological polar surface area (TPSA) is 60.4 Å². The Hall–Kier alpha value is -1.71. The summed E-state index contributed by atoms with van der Waals surface area (Å²) in [6.07, 6.45) is 10.3. The summed E-state index contributed by atoms with van der Waals surface area (Å²) in [5.41, 5.74) is 0.0518. The number of hydrogen-bond acceptors (Lipinski definition) is 4. The van der Waals surface area contributed by atoms with E-state index < -0.39 is 5.60 Å². The van der Waals surface area contributed by atoms with Gasteiger partial charge in [0, 0.05) is 18.8 Å². The first-order chi connectivity index (χ1) is 13.2. The Morgan fingerprint density at radius 3 is 2.50 bits per heavy atom. The zero-order valence-electron chi connectivity index (χ0n) is 17.4. The lowest BCUT2D eigenvalue weighted by Crippen LogP contribution is -2.58. The molecule has 0 saturated heterocycles. The minimum atomic E-state index is -1.06. The summed E-state index contributed by atoms with van der Waals surface area (Å²) < 4.78 is 5.83. The van der Waals surface area contributed by atoms with Crippen molar-refractivity contribution in [3.63, 3.8) is 0 Å². The van der Waals surface area contributed by atoms with Gasteiger partial charge in [0.2, 0.25) is 0 Å². The highest BCUT2D eigenvalue weighted by Crippen LogP contribution is 2.68. The second kappa shape index (κ2) is 6.40. The zero-order chi connectivity index (χ0) is 20.3. The molecular formula is C24H32O4. The third-order valence-corrected chi connectivity index (χ3v) is 8.98. The van der Waals surface area contributed by atoms with Crippen molar-refractivity contribution in [1.82, 2.24) is 0 Å². The molecule has 0 radical (unpaired) electrons. The fraction of sp³-hybridized carbons (Fsp3) is 0.708. The molecule has 4 aliphatic carbocycles. The van der Waals surface area contributed by atoms with Crippen molar-refractivity contribution in [3.05, 3.63) is 24.3 Å². The maximum absolute atomic E-state index is 13.0. The largest absolute Gasteiger partial charge is 0.450 e. The molecule has 4 aliphatic rings. The first-order valence-corrected chi connectivity index (χ1v) is 10.8. The van der Waals surface area contributed by atoms with Crippen LogP contribution in [-0.4, -0.2) is 23.1 Å². The molecule has 6 atom stereocenters. The van der Waals surface area contributed by atoms with Crippen molar-refractivity contribution in [3.8, 4) is 0 Å². The SMILES string of the molecule is C=CC(=O)[C@@]1(OC(C)=O)CC[C@H]2[C@@H]3CCC4=CC(=O)CC[C@]4(C)[C@H]3CC[C@@]21C. The van der Waals surface area contributed by atoms with Crippen LogP contribution in [-0.2, 0) is 19.1 Å². The molecule has 152 valence electrons. The van der Waals surface area contributed by atoms with E-state index >= 15 is 0 Å². The van der Waals surface area contributed by atoms with Gasteiger partial charge in [0.05, 0.1) is 0 Å². The molecule has 0 aliphatic heterocycles. The molecule has 4 heteroatoms. The number of fused-ring (bicyclic) bond motifs is 5. The van der Waals surface area contributed by atoms with Gasteiger partial charge in [-0.05, 0) is 80.3 Å². The van der Waals surface area contributed by atoms with Gasteiger partial charge in [-0.2, -0.15) is 0 Å². The molecule has 0 spiro atoms. The van der Waals surface area contributed by atoms with E-state index in [9.17, 15) is 14.4 Å². The molecule has 0 aromatic heterocycles. The minimum Gasteiger partial charge on any atom is -0.450 e. The lowest BCUT2D eigenvalue weighted by Gasteiger charge is -2.59. The van der Waals surface area contributed by atoms with Crippen molar-refractivity contribution in [2.75, 3.05) is 0 Å². The molecule has 0 bridgehead atoms. The Morgan fingerprint density at radius 2 is 1.82 bits per heavy atom. The molecule has 0 unspecified atom stereocenters. The van der Waals surface area contributed by atoms with Gasteiger partial charge >= 0.3 is 5.97 Å². The van der Waals surface area contributed by atoms with Crippen LogP contribution in [0.3, 0.4) is 0 Å². The minimum absolute atomic E-state index is 0.104. The van der Waals surface area contributed by atoms with Crippen LogP contribution in [0, 0.1) is 28.6 Å². The maximum atomic E-state index is 13.0. The lowest BCUT2D eigenvalue weighted by molar-refractivity contribution is -0.185. The second-order valence-corrected chi connectivity index (χ2v) is 9.95. The van der Waals surface area contributed by atoms with Crippen LogP contribution in [0.4, 0.5) is 0 Å². The second-order valence-electron chi connectivity index (χ2n) is 9.95. The average molecular weight is 385 g/mol. The predicted molar refractivity (Wildman–Crippen MR) is 106 cm³/mol. The Labute approximate surface area is 167 Å². The number of ether oxygens (including phenoxy) is 1. The Morgan fingerprint density at radius 1 is 1.11 bits per heavy atom. The van der Waals surface area contributed by atoms with Crippen LogP contribution < -0.4 is 0 Å². The van der Waals surface area contributed by atoms with E-state index in [0.717, 1.165) is 38.5 Å². The molecule has 4 nitrogen and oxygen atoms in total. The van der Waals surface area contributed by atoms with E-state index in [1.165, 1.54) is 18.6 Å². The van der Waals surface area contributed by atoms with Gasteiger partial charge < -0.3 is 4.74 Å². The van der Waals surface area contributed by atoms with Gasteiger partial charge in [-0.25, -0.2) is 0 Å². The number of hydrogen-bond donors (Lipinski definition) is 0. The van der Waals surface area contributed by atoms with Crippen molar-refractivity contribution < 1.29 is 19.1 Å². The number of ketones is 2. The smallest absolute Gasteiger partial charge is 0.303 e. The molecule has 3 saturated carbocycles.